The number of carbonyl (C=O) groups excluding carboxylic acids is 1. The van der Waals surface area contributed by atoms with Crippen molar-refractivity contribution < 1.29 is 4.79 Å². The molecule has 1 aliphatic rings. The maximum absolute atomic E-state index is 13.6. The topological polar surface area (TPSA) is 41.4 Å². The second-order valence-electron chi connectivity index (χ2n) is 7.73. The molecule has 1 saturated heterocycles. The molecule has 0 saturated carbocycles. The van der Waals surface area contributed by atoms with Crippen molar-refractivity contribution >= 4 is 17.5 Å². The van der Waals surface area contributed by atoms with Crippen molar-refractivity contribution in [3.63, 3.8) is 0 Å². The standard InChI is InChI=1S/C22H31ClN4O/c1-5-8-19-20(22(28)26-13-11-25(6-2)12-14-26)21(16(3)4)27(24-19)18-10-7-9-17(23)15-18/h7,9-10,15-16H,5-6,8,11-14H2,1-4H3. The Morgan fingerprint density at radius 1 is 1.18 bits per heavy atom. The zero-order valence-electron chi connectivity index (χ0n) is 17.4. The van der Waals surface area contributed by atoms with Crippen LogP contribution in [0, 0.1) is 0 Å². The van der Waals surface area contributed by atoms with Gasteiger partial charge >= 0.3 is 0 Å². The van der Waals surface area contributed by atoms with Gasteiger partial charge in [-0.1, -0.05) is 51.8 Å². The minimum Gasteiger partial charge on any atom is -0.336 e. The number of likely N-dealkylation sites (N-methyl/N-ethyl adjacent to an activating group) is 1. The highest BCUT2D eigenvalue weighted by Crippen LogP contribution is 2.29. The summed E-state index contributed by atoms with van der Waals surface area (Å²) < 4.78 is 1.93. The SMILES string of the molecule is CCCc1nn(-c2cccc(Cl)c2)c(C(C)C)c1C(=O)N1CCN(CC)CC1. The average Bonchev–Trinajstić information content (AvgIpc) is 3.07. The van der Waals surface area contributed by atoms with Crippen molar-refractivity contribution in [2.45, 2.75) is 46.5 Å². The van der Waals surface area contributed by atoms with Crippen LogP contribution in [-0.2, 0) is 6.42 Å². The minimum absolute atomic E-state index is 0.121. The van der Waals surface area contributed by atoms with Crippen LogP contribution in [0.1, 0.15) is 61.8 Å². The van der Waals surface area contributed by atoms with E-state index in [1.54, 1.807) is 0 Å². The Bertz CT molecular complexity index is 822. The predicted octanol–water partition coefficient (Wildman–Crippen LogP) is 4.38. The zero-order valence-corrected chi connectivity index (χ0v) is 18.2. The van der Waals surface area contributed by atoms with E-state index in [0.717, 1.165) is 68.2 Å². The number of aromatic nitrogens is 2. The lowest BCUT2D eigenvalue weighted by atomic mass is 10.00. The van der Waals surface area contributed by atoms with Gasteiger partial charge in [0.05, 0.1) is 22.6 Å². The average molecular weight is 403 g/mol. The number of halogens is 1. The smallest absolute Gasteiger partial charge is 0.257 e. The van der Waals surface area contributed by atoms with E-state index in [2.05, 4.69) is 32.6 Å². The van der Waals surface area contributed by atoms with Gasteiger partial charge < -0.3 is 9.80 Å². The summed E-state index contributed by atoms with van der Waals surface area (Å²) in [4.78, 5) is 17.9. The highest BCUT2D eigenvalue weighted by Gasteiger charge is 2.30. The number of carbonyl (C=O) groups is 1. The maximum Gasteiger partial charge on any atom is 0.257 e. The lowest BCUT2D eigenvalue weighted by Gasteiger charge is -2.34. The van der Waals surface area contributed by atoms with Crippen LogP contribution in [-0.4, -0.2) is 58.2 Å². The molecule has 2 aromatic rings. The van der Waals surface area contributed by atoms with Gasteiger partial charge in [-0.05, 0) is 37.1 Å². The molecule has 1 fully saturated rings. The van der Waals surface area contributed by atoms with E-state index in [-0.39, 0.29) is 11.8 Å². The minimum atomic E-state index is 0.121. The van der Waals surface area contributed by atoms with E-state index in [1.165, 1.54) is 0 Å². The van der Waals surface area contributed by atoms with E-state index in [4.69, 9.17) is 16.7 Å². The van der Waals surface area contributed by atoms with Crippen molar-refractivity contribution in [2.75, 3.05) is 32.7 Å². The van der Waals surface area contributed by atoms with Gasteiger partial charge in [0.2, 0.25) is 0 Å². The third-order valence-corrected chi connectivity index (χ3v) is 5.64. The van der Waals surface area contributed by atoms with Gasteiger partial charge in [-0.25, -0.2) is 4.68 Å². The Hall–Kier alpha value is -1.85. The Morgan fingerprint density at radius 3 is 2.46 bits per heavy atom. The predicted molar refractivity (Wildman–Crippen MR) is 115 cm³/mol. The summed E-state index contributed by atoms with van der Waals surface area (Å²) in [6.45, 7) is 13.0. The second kappa shape index (κ2) is 9.10. The first-order chi connectivity index (χ1) is 13.5. The molecule has 1 aromatic carbocycles. The highest BCUT2D eigenvalue weighted by molar-refractivity contribution is 6.30. The molecule has 1 aromatic heterocycles. The maximum atomic E-state index is 13.6. The van der Waals surface area contributed by atoms with Crippen LogP contribution in [0.15, 0.2) is 24.3 Å². The van der Waals surface area contributed by atoms with E-state index in [9.17, 15) is 4.79 Å². The fourth-order valence-corrected chi connectivity index (χ4v) is 4.07. The normalized spacial score (nSPS) is 15.4. The van der Waals surface area contributed by atoms with E-state index in [1.807, 2.05) is 33.8 Å². The molecule has 1 amide bonds. The number of hydrogen-bond acceptors (Lipinski definition) is 3. The van der Waals surface area contributed by atoms with Crippen molar-refractivity contribution in [1.29, 1.82) is 0 Å². The number of aryl methyl sites for hydroxylation is 1. The molecule has 0 unspecified atom stereocenters. The van der Waals surface area contributed by atoms with Crippen LogP contribution in [0.3, 0.4) is 0 Å². The molecule has 0 radical (unpaired) electrons. The third-order valence-electron chi connectivity index (χ3n) is 5.40. The molecule has 2 heterocycles. The fraction of sp³-hybridized carbons (Fsp3) is 0.545. The quantitative estimate of drug-likeness (QED) is 0.720. The number of piperazine rings is 1. The fourth-order valence-electron chi connectivity index (χ4n) is 3.89. The van der Waals surface area contributed by atoms with E-state index >= 15 is 0 Å². The van der Waals surface area contributed by atoms with Crippen LogP contribution < -0.4 is 0 Å². The molecular formula is C22H31ClN4O. The monoisotopic (exact) mass is 402 g/mol. The van der Waals surface area contributed by atoms with Gasteiger partial charge in [0.15, 0.2) is 0 Å². The van der Waals surface area contributed by atoms with Crippen LogP contribution in [0.25, 0.3) is 5.69 Å². The molecule has 1 aliphatic heterocycles. The number of nitrogens with zero attached hydrogens (tertiary/aromatic N) is 4. The van der Waals surface area contributed by atoms with Crippen LogP contribution in [0.4, 0.5) is 0 Å². The van der Waals surface area contributed by atoms with Crippen molar-refractivity contribution in [3.05, 3.63) is 46.2 Å². The Labute approximate surface area is 173 Å². The summed E-state index contributed by atoms with van der Waals surface area (Å²) in [7, 11) is 0. The van der Waals surface area contributed by atoms with Gasteiger partial charge in [0.1, 0.15) is 0 Å². The van der Waals surface area contributed by atoms with Gasteiger partial charge in [-0.15, -0.1) is 0 Å². The van der Waals surface area contributed by atoms with Gasteiger partial charge in [0.25, 0.3) is 5.91 Å². The lowest BCUT2D eigenvalue weighted by Crippen LogP contribution is -2.48. The summed E-state index contributed by atoms with van der Waals surface area (Å²) >= 11 is 6.23. The molecule has 0 spiro atoms. The molecule has 5 nitrogen and oxygen atoms in total. The van der Waals surface area contributed by atoms with Crippen molar-refractivity contribution in [3.8, 4) is 5.69 Å². The van der Waals surface area contributed by atoms with E-state index < -0.39 is 0 Å². The molecule has 28 heavy (non-hydrogen) atoms. The van der Waals surface area contributed by atoms with Gasteiger partial charge in [-0.3, -0.25) is 4.79 Å². The Kier molecular flexibility index (Phi) is 6.78. The molecule has 152 valence electrons. The summed E-state index contributed by atoms with van der Waals surface area (Å²) in [6, 6.07) is 7.68. The number of amides is 1. The molecule has 6 heteroatoms. The first-order valence-electron chi connectivity index (χ1n) is 10.4. The molecular weight excluding hydrogens is 372 g/mol. The number of hydrogen-bond donors (Lipinski definition) is 0. The first-order valence-corrected chi connectivity index (χ1v) is 10.7. The Balaban J connectivity index is 2.05. The number of benzene rings is 1. The van der Waals surface area contributed by atoms with Gasteiger partial charge in [-0.2, -0.15) is 5.10 Å². The summed E-state index contributed by atoms with van der Waals surface area (Å²) in [5, 5.41) is 5.55. The largest absolute Gasteiger partial charge is 0.336 e. The third kappa shape index (κ3) is 4.26. The first kappa shape index (κ1) is 20.9. The lowest BCUT2D eigenvalue weighted by molar-refractivity contribution is 0.0640. The van der Waals surface area contributed by atoms with Crippen LogP contribution in [0.5, 0.6) is 0 Å². The molecule has 0 N–H and O–H groups in total. The zero-order chi connectivity index (χ0) is 20.3. The molecule has 0 bridgehead atoms. The highest BCUT2D eigenvalue weighted by atomic mass is 35.5. The van der Waals surface area contributed by atoms with Gasteiger partial charge in [0, 0.05) is 31.2 Å². The summed E-state index contributed by atoms with van der Waals surface area (Å²) in [5.74, 6) is 0.296. The van der Waals surface area contributed by atoms with E-state index in [0.29, 0.717) is 5.02 Å². The van der Waals surface area contributed by atoms with Crippen LogP contribution in [0.2, 0.25) is 5.02 Å². The molecule has 0 atom stereocenters. The summed E-state index contributed by atoms with van der Waals surface area (Å²) in [6.07, 6.45) is 1.75. The molecule has 3 rings (SSSR count). The van der Waals surface area contributed by atoms with Crippen molar-refractivity contribution in [1.82, 2.24) is 19.6 Å². The second-order valence-corrected chi connectivity index (χ2v) is 8.17. The van der Waals surface area contributed by atoms with Crippen molar-refractivity contribution in [2.24, 2.45) is 0 Å². The molecule has 0 aliphatic carbocycles. The Morgan fingerprint density at radius 2 is 1.89 bits per heavy atom. The number of rotatable bonds is 6. The van der Waals surface area contributed by atoms with Crippen LogP contribution >= 0.6 is 11.6 Å². The summed E-state index contributed by atoms with van der Waals surface area (Å²) in [5.41, 5.74) is 3.58.